The van der Waals surface area contributed by atoms with Crippen LogP contribution < -0.4 is 0 Å². The van der Waals surface area contributed by atoms with E-state index in [0.717, 1.165) is 32.0 Å². The first-order valence-electron chi connectivity index (χ1n) is 12.4. The van der Waals surface area contributed by atoms with E-state index in [1.165, 1.54) is 57.8 Å². The summed E-state index contributed by atoms with van der Waals surface area (Å²) in [5.41, 5.74) is -1.22. The van der Waals surface area contributed by atoms with Gasteiger partial charge in [-0.25, -0.2) is 4.57 Å². The second-order valence-electron chi connectivity index (χ2n) is 10.9. The second kappa shape index (κ2) is 13.2. The molecule has 0 radical (unpaired) electrons. The molecule has 184 valence electrons. The molecule has 1 aliphatic rings. The molecule has 1 fully saturated rings. The summed E-state index contributed by atoms with van der Waals surface area (Å²) in [6.45, 7) is 16.3. The zero-order valence-corrected chi connectivity index (χ0v) is 22.6. The number of unbranched alkanes of at least 4 members (excludes halogenated alkanes) is 9. The lowest BCUT2D eigenvalue weighted by Gasteiger charge is -2.30. The molecule has 1 rings (SSSR count). The van der Waals surface area contributed by atoms with Gasteiger partial charge >= 0.3 is 7.75 Å². The first kappa shape index (κ1) is 28.5. The minimum atomic E-state index is -3.65. The fourth-order valence-electron chi connectivity index (χ4n) is 3.71. The van der Waals surface area contributed by atoms with Crippen LogP contribution in [0.3, 0.4) is 0 Å². The molecular formula is C24H50N3O3P. The van der Waals surface area contributed by atoms with Gasteiger partial charge in [-0.1, -0.05) is 64.7 Å². The molecule has 0 bridgehead atoms. The van der Waals surface area contributed by atoms with Gasteiger partial charge in [0.2, 0.25) is 5.96 Å². The van der Waals surface area contributed by atoms with Crippen LogP contribution in [0.2, 0.25) is 0 Å². The van der Waals surface area contributed by atoms with E-state index in [1.54, 1.807) is 0 Å². The maximum Gasteiger partial charge on any atom is 0.458 e. The van der Waals surface area contributed by atoms with E-state index in [9.17, 15) is 4.57 Å². The number of likely N-dealkylation sites (N-methyl/N-ethyl adjacent to an activating group) is 1. The van der Waals surface area contributed by atoms with E-state index >= 15 is 0 Å². The fourth-order valence-corrected chi connectivity index (χ4v) is 5.72. The van der Waals surface area contributed by atoms with E-state index in [4.69, 9.17) is 9.05 Å². The molecule has 0 amide bonds. The van der Waals surface area contributed by atoms with Crippen LogP contribution in [-0.4, -0.2) is 53.6 Å². The number of rotatable bonds is 14. The van der Waals surface area contributed by atoms with Crippen LogP contribution in [0.25, 0.3) is 0 Å². The maximum absolute atomic E-state index is 13.5. The topological polar surface area (TPSA) is 54.4 Å². The highest BCUT2D eigenvalue weighted by Crippen LogP contribution is 2.56. The van der Waals surface area contributed by atoms with Crippen molar-refractivity contribution in [3.05, 3.63) is 0 Å². The third-order valence-corrected chi connectivity index (χ3v) is 7.08. The quantitative estimate of drug-likeness (QED) is 0.202. The molecule has 0 atom stereocenters. The van der Waals surface area contributed by atoms with E-state index < -0.39 is 18.9 Å². The summed E-state index contributed by atoms with van der Waals surface area (Å²) < 4.78 is 29.8. The van der Waals surface area contributed by atoms with Crippen LogP contribution in [-0.2, 0) is 13.6 Å². The predicted octanol–water partition coefficient (Wildman–Crippen LogP) is 7.25. The molecule has 0 saturated carbocycles. The number of hydrogen-bond acceptors (Lipinski definition) is 3. The maximum atomic E-state index is 13.5. The lowest BCUT2D eigenvalue weighted by atomic mass is 10.1. The first-order valence-corrected chi connectivity index (χ1v) is 13.9. The Hall–Kier alpha value is -0.580. The molecule has 0 aliphatic carbocycles. The van der Waals surface area contributed by atoms with Crippen molar-refractivity contribution in [2.24, 2.45) is 4.76 Å². The summed E-state index contributed by atoms with van der Waals surface area (Å²) >= 11 is 0. The summed E-state index contributed by atoms with van der Waals surface area (Å²) in [7, 11) is -1.65. The molecule has 1 aliphatic heterocycles. The van der Waals surface area contributed by atoms with Crippen molar-refractivity contribution in [3.8, 4) is 0 Å². The molecule has 0 spiro atoms. The second-order valence-corrected chi connectivity index (χ2v) is 12.4. The first-order chi connectivity index (χ1) is 14.4. The van der Waals surface area contributed by atoms with Gasteiger partial charge in [0.05, 0.1) is 11.2 Å². The summed E-state index contributed by atoms with van der Waals surface area (Å²) in [5.74, 6) is 0.729. The SMILES string of the molecule is CCCCCCCCCCCCN1CCN(C)/C1=N\P(=O)(OC(C)(C)C)OC(C)(C)C. The van der Waals surface area contributed by atoms with Crippen molar-refractivity contribution in [3.63, 3.8) is 0 Å². The van der Waals surface area contributed by atoms with Crippen LogP contribution in [0.15, 0.2) is 4.76 Å². The molecule has 0 aromatic rings. The molecule has 0 unspecified atom stereocenters. The number of nitrogens with zero attached hydrogens (tertiary/aromatic N) is 3. The van der Waals surface area contributed by atoms with Crippen molar-refractivity contribution < 1.29 is 13.6 Å². The van der Waals surface area contributed by atoms with E-state index in [2.05, 4.69) is 21.5 Å². The highest BCUT2D eigenvalue weighted by atomic mass is 31.2. The predicted molar refractivity (Wildman–Crippen MR) is 133 cm³/mol. The monoisotopic (exact) mass is 459 g/mol. The Morgan fingerprint density at radius 1 is 0.806 bits per heavy atom. The van der Waals surface area contributed by atoms with Gasteiger partial charge < -0.3 is 9.80 Å². The molecule has 1 saturated heterocycles. The van der Waals surface area contributed by atoms with Gasteiger partial charge in [0.15, 0.2) is 0 Å². The van der Waals surface area contributed by atoms with Crippen LogP contribution in [0, 0.1) is 0 Å². The zero-order chi connectivity index (χ0) is 23.5. The van der Waals surface area contributed by atoms with Gasteiger partial charge in [0.1, 0.15) is 0 Å². The van der Waals surface area contributed by atoms with Crippen molar-refractivity contribution in [1.82, 2.24) is 9.80 Å². The lowest BCUT2D eigenvalue weighted by molar-refractivity contribution is 0.0493. The largest absolute Gasteiger partial charge is 0.458 e. The minimum Gasteiger partial charge on any atom is -0.344 e. The molecule has 0 aromatic carbocycles. The van der Waals surface area contributed by atoms with Crippen molar-refractivity contribution >= 4 is 13.7 Å². The Balaban J connectivity index is 2.58. The van der Waals surface area contributed by atoms with Crippen LogP contribution in [0.4, 0.5) is 0 Å². The van der Waals surface area contributed by atoms with Crippen LogP contribution in [0.5, 0.6) is 0 Å². The summed E-state index contributed by atoms with van der Waals surface area (Å²) in [5, 5.41) is 0. The molecule has 6 nitrogen and oxygen atoms in total. The van der Waals surface area contributed by atoms with Gasteiger partial charge in [-0.2, -0.15) is 0 Å². The summed E-state index contributed by atoms with van der Waals surface area (Å²) in [6, 6.07) is 0. The summed E-state index contributed by atoms with van der Waals surface area (Å²) in [4.78, 5) is 4.29. The standard InChI is InChI=1S/C24H50N3O3P/c1-9-10-11-12-13-14-15-16-17-18-19-27-21-20-26(8)22(27)25-31(28,29-23(2,3)4)30-24(5,6)7/h9-21H2,1-8H3/b25-22+. The van der Waals surface area contributed by atoms with Crippen LogP contribution in [0.1, 0.15) is 113 Å². The van der Waals surface area contributed by atoms with E-state index in [1.807, 2.05) is 48.6 Å². The highest BCUT2D eigenvalue weighted by Gasteiger charge is 2.38. The molecule has 0 aromatic heterocycles. The Labute approximate surface area is 192 Å². The minimum absolute atomic E-state index is 0.608. The number of guanidine groups is 1. The fraction of sp³-hybridized carbons (Fsp3) is 0.958. The zero-order valence-electron chi connectivity index (χ0n) is 21.7. The Morgan fingerprint density at radius 2 is 1.26 bits per heavy atom. The molecule has 0 N–H and O–H groups in total. The van der Waals surface area contributed by atoms with Crippen molar-refractivity contribution in [2.75, 3.05) is 26.7 Å². The van der Waals surface area contributed by atoms with Crippen molar-refractivity contribution in [1.29, 1.82) is 0 Å². The Morgan fingerprint density at radius 3 is 1.71 bits per heavy atom. The van der Waals surface area contributed by atoms with E-state index in [0.29, 0.717) is 0 Å². The van der Waals surface area contributed by atoms with Gasteiger partial charge in [-0.3, -0.25) is 9.05 Å². The Kier molecular flexibility index (Phi) is 12.1. The van der Waals surface area contributed by atoms with Gasteiger partial charge in [-0.05, 0) is 48.0 Å². The molecule has 1 heterocycles. The molecular weight excluding hydrogens is 409 g/mol. The average molecular weight is 460 g/mol. The summed E-state index contributed by atoms with van der Waals surface area (Å²) in [6.07, 6.45) is 13.2. The van der Waals surface area contributed by atoms with E-state index in [-0.39, 0.29) is 0 Å². The molecule has 7 heteroatoms. The number of hydrogen-bond donors (Lipinski definition) is 0. The molecule has 31 heavy (non-hydrogen) atoms. The third kappa shape index (κ3) is 12.9. The van der Waals surface area contributed by atoms with Gasteiger partial charge in [-0.15, -0.1) is 4.76 Å². The van der Waals surface area contributed by atoms with Gasteiger partial charge in [0.25, 0.3) is 0 Å². The van der Waals surface area contributed by atoms with Crippen molar-refractivity contribution in [2.45, 2.75) is 124 Å². The smallest absolute Gasteiger partial charge is 0.344 e. The average Bonchev–Trinajstić information content (AvgIpc) is 2.93. The third-order valence-electron chi connectivity index (χ3n) is 5.10. The Bertz CT molecular complexity index is 562. The highest BCUT2D eigenvalue weighted by molar-refractivity contribution is 7.52. The lowest BCUT2D eigenvalue weighted by Crippen LogP contribution is -2.33. The van der Waals surface area contributed by atoms with Crippen LogP contribution >= 0.6 is 7.75 Å². The van der Waals surface area contributed by atoms with Gasteiger partial charge in [0, 0.05) is 26.7 Å². The normalized spacial score (nSPS) is 17.2.